The molecule has 1 N–H and O–H groups in total. The van der Waals surface area contributed by atoms with Gasteiger partial charge in [0.25, 0.3) is 5.91 Å². The zero-order valence-corrected chi connectivity index (χ0v) is 20.5. The molecular formula is C27H23N5O3S. The molecule has 2 aromatic heterocycles. The van der Waals surface area contributed by atoms with Gasteiger partial charge in [-0.15, -0.1) is 0 Å². The van der Waals surface area contributed by atoms with Gasteiger partial charge in [0.2, 0.25) is 5.88 Å². The van der Waals surface area contributed by atoms with Crippen LogP contribution in [0.2, 0.25) is 0 Å². The van der Waals surface area contributed by atoms with Crippen LogP contribution in [0.25, 0.3) is 15.9 Å². The van der Waals surface area contributed by atoms with Crippen molar-refractivity contribution in [3.63, 3.8) is 0 Å². The molecule has 1 amide bonds. The zero-order chi connectivity index (χ0) is 25.1. The first kappa shape index (κ1) is 23.3. The van der Waals surface area contributed by atoms with Crippen molar-refractivity contribution in [2.24, 2.45) is 5.10 Å². The molecule has 0 aliphatic rings. The molecular weight excluding hydrogens is 474 g/mol. The van der Waals surface area contributed by atoms with E-state index < -0.39 is 5.91 Å². The molecule has 36 heavy (non-hydrogen) atoms. The maximum absolute atomic E-state index is 12.6. The molecule has 0 unspecified atom stereocenters. The van der Waals surface area contributed by atoms with Gasteiger partial charge in [0, 0.05) is 0 Å². The molecule has 2 heterocycles. The Bertz CT molecular complexity index is 1620. The number of thiazole rings is 1. The lowest BCUT2D eigenvalue weighted by molar-refractivity contribution is -0.121. The van der Waals surface area contributed by atoms with Crippen LogP contribution in [0.4, 0.5) is 0 Å². The Balaban J connectivity index is 1.41. The summed E-state index contributed by atoms with van der Waals surface area (Å²) in [4.78, 5) is 24.7. The number of para-hydroxylation sites is 2. The molecule has 0 bridgehead atoms. The minimum atomic E-state index is -0.411. The van der Waals surface area contributed by atoms with E-state index in [-0.39, 0.29) is 11.4 Å². The maximum Gasteiger partial charge on any atom is 0.308 e. The summed E-state index contributed by atoms with van der Waals surface area (Å²) in [5.74, 6) is 0.715. The van der Waals surface area contributed by atoms with Crippen molar-refractivity contribution < 1.29 is 9.53 Å². The molecule has 0 spiro atoms. The summed E-state index contributed by atoms with van der Waals surface area (Å²) in [7, 11) is 0. The van der Waals surface area contributed by atoms with Crippen LogP contribution in [0.5, 0.6) is 11.6 Å². The van der Waals surface area contributed by atoms with Crippen molar-refractivity contribution in [2.45, 2.75) is 20.4 Å². The Morgan fingerprint density at radius 3 is 2.53 bits per heavy atom. The summed E-state index contributed by atoms with van der Waals surface area (Å²) in [6, 6.07) is 24.7. The van der Waals surface area contributed by atoms with Gasteiger partial charge in [0.05, 0.1) is 33.4 Å². The van der Waals surface area contributed by atoms with Crippen molar-refractivity contribution in [3.8, 4) is 17.3 Å². The summed E-state index contributed by atoms with van der Waals surface area (Å²) in [6.45, 7) is 3.73. The number of hydrogen-bond donors (Lipinski definition) is 1. The van der Waals surface area contributed by atoms with E-state index in [2.05, 4.69) is 15.6 Å². The molecule has 5 aromatic rings. The third-order valence-corrected chi connectivity index (χ3v) is 6.52. The number of aryl methyl sites for hydroxylation is 2. The lowest BCUT2D eigenvalue weighted by Crippen LogP contribution is -2.27. The van der Waals surface area contributed by atoms with Crippen molar-refractivity contribution in [1.29, 1.82) is 0 Å². The van der Waals surface area contributed by atoms with Crippen LogP contribution in [-0.2, 0) is 11.3 Å². The van der Waals surface area contributed by atoms with Crippen LogP contribution in [0.15, 0.2) is 88.8 Å². The highest BCUT2D eigenvalue weighted by molar-refractivity contribution is 7.16. The molecule has 0 atom stereocenters. The van der Waals surface area contributed by atoms with E-state index in [0.717, 1.165) is 32.8 Å². The smallest absolute Gasteiger partial charge is 0.308 e. The van der Waals surface area contributed by atoms with Crippen LogP contribution in [0.1, 0.15) is 16.8 Å². The largest absolute Gasteiger partial charge is 0.438 e. The van der Waals surface area contributed by atoms with Crippen LogP contribution in [0.3, 0.4) is 0 Å². The van der Waals surface area contributed by atoms with Gasteiger partial charge in [-0.25, -0.2) is 5.43 Å². The number of nitrogens with zero attached hydrogens (tertiary/aromatic N) is 4. The molecule has 180 valence electrons. The number of aromatic nitrogens is 3. The van der Waals surface area contributed by atoms with Crippen LogP contribution in [-0.4, -0.2) is 26.5 Å². The van der Waals surface area contributed by atoms with E-state index >= 15 is 0 Å². The molecule has 0 fully saturated rings. The summed E-state index contributed by atoms with van der Waals surface area (Å²) in [5.41, 5.74) is 6.50. The van der Waals surface area contributed by atoms with Gasteiger partial charge in [-0.2, -0.15) is 14.9 Å². The average Bonchev–Trinajstić information content (AvgIpc) is 3.37. The topological polar surface area (TPSA) is 90.5 Å². The maximum atomic E-state index is 12.6. The molecule has 0 radical (unpaired) electrons. The lowest BCUT2D eigenvalue weighted by atomic mass is 10.2. The van der Waals surface area contributed by atoms with E-state index in [9.17, 15) is 9.59 Å². The summed E-state index contributed by atoms with van der Waals surface area (Å²) < 4.78 is 10.2. The Morgan fingerprint density at radius 2 is 1.75 bits per heavy atom. The first-order valence-electron chi connectivity index (χ1n) is 11.3. The predicted molar refractivity (Wildman–Crippen MR) is 141 cm³/mol. The molecule has 0 saturated heterocycles. The molecule has 0 aliphatic heterocycles. The van der Waals surface area contributed by atoms with E-state index in [0.29, 0.717) is 22.9 Å². The van der Waals surface area contributed by atoms with E-state index in [4.69, 9.17) is 4.74 Å². The second-order valence-corrected chi connectivity index (χ2v) is 9.17. The minimum Gasteiger partial charge on any atom is -0.438 e. The van der Waals surface area contributed by atoms with E-state index in [1.165, 1.54) is 10.8 Å². The van der Waals surface area contributed by atoms with Gasteiger partial charge in [-0.1, -0.05) is 59.4 Å². The Morgan fingerprint density at radius 1 is 1.03 bits per heavy atom. The number of nitrogens with one attached hydrogen (secondary N) is 1. The molecule has 8 nitrogen and oxygen atoms in total. The number of benzene rings is 3. The molecule has 5 rings (SSSR count). The SMILES string of the molecule is Cc1ccc(Oc2c(/C=N/NC(=O)Cn3c(=O)sc4ccccc43)c(C)nn2-c2ccccc2)cc1. The first-order valence-corrected chi connectivity index (χ1v) is 12.1. The number of fused-ring (bicyclic) bond motifs is 1. The van der Waals surface area contributed by atoms with Crippen LogP contribution in [0, 0.1) is 13.8 Å². The molecule has 0 aliphatic carbocycles. The van der Waals surface area contributed by atoms with Gasteiger partial charge >= 0.3 is 4.87 Å². The monoisotopic (exact) mass is 497 g/mol. The minimum absolute atomic E-state index is 0.130. The fourth-order valence-electron chi connectivity index (χ4n) is 3.74. The first-order chi connectivity index (χ1) is 17.5. The highest BCUT2D eigenvalue weighted by atomic mass is 32.1. The quantitative estimate of drug-likeness (QED) is 0.258. The number of amides is 1. The second-order valence-electron chi connectivity index (χ2n) is 8.18. The Kier molecular flexibility index (Phi) is 6.46. The van der Waals surface area contributed by atoms with Crippen LogP contribution >= 0.6 is 11.3 Å². The van der Waals surface area contributed by atoms with Crippen molar-refractivity contribution in [2.75, 3.05) is 0 Å². The van der Waals surface area contributed by atoms with Gasteiger partial charge in [0.15, 0.2) is 0 Å². The molecule has 9 heteroatoms. The summed E-state index contributed by atoms with van der Waals surface area (Å²) in [5, 5.41) is 8.79. The average molecular weight is 498 g/mol. The zero-order valence-electron chi connectivity index (χ0n) is 19.7. The normalized spacial score (nSPS) is 11.3. The molecule has 0 saturated carbocycles. The Labute approximate surface area is 211 Å². The highest BCUT2D eigenvalue weighted by Gasteiger charge is 2.18. The van der Waals surface area contributed by atoms with Gasteiger partial charge in [-0.3, -0.25) is 14.2 Å². The van der Waals surface area contributed by atoms with Crippen molar-refractivity contribution in [3.05, 3.63) is 105 Å². The van der Waals surface area contributed by atoms with Gasteiger partial charge < -0.3 is 4.74 Å². The summed E-state index contributed by atoms with van der Waals surface area (Å²) >= 11 is 1.11. The lowest BCUT2D eigenvalue weighted by Gasteiger charge is -2.10. The number of ether oxygens (including phenoxy) is 1. The second kappa shape index (κ2) is 10.0. The third-order valence-electron chi connectivity index (χ3n) is 5.56. The van der Waals surface area contributed by atoms with Gasteiger partial charge in [0.1, 0.15) is 12.3 Å². The number of hydrazone groups is 1. The fraction of sp³-hybridized carbons (Fsp3) is 0.111. The fourth-order valence-corrected chi connectivity index (χ4v) is 4.63. The van der Waals surface area contributed by atoms with Gasteiger partial charge in [-0.05, 0) is 50.2 Å². The van der Waals surface area contributed by atoms with E-state index in [1.807, 2.05) is 92.7 Å². The van der Waals surface area contributed by atoms with Crippen molar-refractivity contribution >= 4 is 33.7 Å². The predicted octanol–water partition coefficient (Wildman–Crippen LogP) is 4.81. The van der Waals surface area contributed by atoms with Crippen molar-refractivity contribution in [1.82, 2.24) is 19.8 Å². The highest BCUT2D eigenvalue weighted by Crippen LogP contribution is 2.29. The summed E-state index contributed by atoms with van der Waals surface area (Å²) in [6.07, 6.45) is 1.51. The Hall–Kier alpha value is -4.50. The standard InChI is InChI=1S/C27H23N5O3S/c1-18-12-14-21(15-13-18)35-26-22(19(2)30-32(26)20-8-4-3-5-9-20)16-28-29-25(33)17-31-23-10-6-7-11-24(23)36-27(31)34/h3-16H,17H2,1-2H3,(H,29,33)/b28-16+. The number of carbonyl (C=O) groups excluding carboxylic acids is 1. The van der Waals surface area contributed by atoms with E-state index in [1.54, 1.807) is 4.68 Å². The number of rotatable bonds is 7. The third kappa shape index (κ3) is 4.82. The molecule has 3 aromatic carbocycles. The van der Waals surface area contributed by atoms with Crippen LogP contribution < -0.4 is 15.0 Å². The number of carbonyl (C=O) groups is 1. The number of hydrogen-bond acceptors (Lipinski definition) is 6.